The van der Waals surface area contributed by atoms with Gasteiger partial charge < -0.3 is 10.2 Å². The Morgan fingerprint density at radius 2 is 2.18 bits per heavy atom. The molecule has 2 N–H and O–H groups in total. The molecule has 4 rings (SSSR count). The number of rotatable bonds is 1. The Labute approximate surface area is 143 Å². The number of fused-ring (bicyclic) bond motifs is 2. The highest BCUT2D eigenvalue weighted by Crippen LogP contribution is 2.32. The minimum atomic E-state index is -0.00644. The van der Waals surface area contributed by atoms with Crippen molar-refractivity contribution in [2.45, 2.75) is 19.4 Å². The Balaban J connectivity index is 0.00000144. The Morgan fingerprint density at radius 1 is 1.32 bits per heavy atom. The lowest BCUT2D eigenvalue weighted by Crippen LogP contribution is -2.31. The molecule has 0 fully saturated rings. The number of halogens is 2. The Morgan fingerprint density at radius 3 is 3.05 bits per heavy atom. The maximum Gasteiger partial charge on any atom is 0.279 e. The monoisotopic (exact) mass is 382 g/mol. The summed E-state index contributed by atoms with van der Waals surface area (Å²) in [4.78, 5) is 14.7. The highest BCUT2D eigenvalue weighted by atomic mass is 79.9. The van der Waals surface area contributed by atoms with E-state index in [0.29, 0.717) is 12.2 Å². The third kappa shape index (κ3) is 2.45. The zero-order valence-corrected chi connectivity index (χ0v) is 14.3. The zero-order chi connectivity index (χ0) is 14.4. The van der Waals surface area contributed by atoms with Gasteiger partial charge in [0.05, 0.1) is 0 Å². The molecular formula is C15H16BrClN4O. The Kier molecular flexibility index (Phi) is 4.25. The first-order valence-electron chi connectivity index (χ1n) is 7.11. The minimum absolute atomic E-state index is 0. The summed E-state index contributed by atoms with van der Waals surface area (Å²) in [5.41, 5.74) is 4.88. The van der Waals surface area contributed by atoms with Gasteiger partial charge in [0.2, 0.25) is 0 Å². The second-order valence-corrected chi connectivity index (χ2v) is 6.35. The van der Waals surface area contributed by atoms with Gasteiger partial charge in [0.15, 0.2) is 5.69 Å². The Bertz CT molecular complexity index is 730. The quantitative estimate of drug-likeness (QED) is 0.795. The number of nitrogens with one attached hydrogen (secondary N) is 2. The number of anilines is 1. The molecule has 2 aliphatic heterocycles. The molecule has 0 saturated carbocycles. The third-order valence-electron chi connectivity index (χ3n) is 4.20. The van der Waals surface area contributed by atoms with Gasteiger partial charge in [0.1, 0.15) is 0 Å². The number of carbonyl (C=O) groups excluding carboxylic acids is 1. The van der Waals surface area contributed by atoms with Crippen molar-refractivity contribution in [1.82, 2.24) is 15.5 Å². The molecule has 1 amide bonds. The van der Waals surface area contributed by atoms with Gasteiger partial charge in [-0.1, -0.05) is 22.0 Å². The third-order valence-corrected chi connectivity index (χ3v) is 4.69. The van der Waals surface area contributed by atoms with E-state index in [2.05, 4.69) is 37.5 Å². The first-order valence-corrected chi connectivity index (χ1v) is 7.90. The van der Waals surface area contributed by atoms with Gasteiger partial charge in [0, 0.05) is 47.5 Å². The van der Waals surface area contributed by atoms with Crippen LogP contribution >= 0.6 is 28.3 Å². The second-order valence-electron chi connectivity index (χ2n) is 5.44. The normalized spacial score (nSPS) is 16.0. The predicted octanol–water partition coefficient (Wildman–Crippen LogP) is 2.44. The average Bonchev–Trinajstić information content (AvgIpc) is 3.10. The van der Waals surface area contributed by atoms with E-state index in [0.717, 1.165) is 47.3 Å². The summed E-state index contributed by atoms with van der Waals surface area (Å²) < 4.78 is 0.992. The zero-order valence-electron chi connectivity index (χ0n) is 11.9. The van der Waals surface area contributed by atoms with Gasteiger partial charge >= 0.3 is 0 Å². The Hall–Kier alpha value is -1.37. The molecule has 1 aromatic heterocycles. The summed E-state index contributed by atoms with van der Waals surface area (Å²) in [6.45, 7) is 2.37. The van der Waals surface area contributed by atoms with E-state index in [1.807, 2.05) is 17.0 Å². The van der Waals surface area contributed by atoms with E-state index in [1.54, 1.807) is 0 Å². The molecule has 0 spiro atoms. The molecule has 2 aliphatic rings. The first-order chi connectivity index (χ1) is 10.2. The molecule has 0 bridgehead atoms. The fraction of sp³-hybridized carbons (Fsp3) is 0.333. The standard InChI is InChI=1S/C15H15BrN4O.ClH/c16-10-2-1-9-4-6-20(13(9)7-10)15(21)14-11-8-17-5-3-12(11)18-19-14;/h1-2,7,17H,3-6,8H2,(H,18,19);1H. The summed E-state index contributed by atoms with van der Waals surface area (Å²) in [5.74, 6) is -0.00644. The molecule has 0 atom stereocenters. The van der Waals surface area contributed by atoms with Crippen LogP contribution in [0, 0.1) is 0 Å². The molecule has 0 aliphatic carbocycles. The molecule has 116 valence electrons. The first kappa shape index (κ1) is 15.5. The van der Waals surface area contributed by atoms with Crippen molar-refractivity contribution >= 4 is 39.9 Å². The van der Waals surface area contributed by atoms with E-state index in [9.17, 15) is 4.79 Å². The van der Waals surface area contributed by atoms with Gasteiger partial charge in [-0.05, 0) is 24.1 Å². The van der Waals surface area contributed by atoms with E-state index < -0.39 is 0 Å². The second kappa shape index (κ2) is 6.02. The van der Waals surface area contributed by atoms with Gasteiger partial charge in [0.25, 0.3) is 5.91 Å². The van der Waals surface area contributed by atoms with Crippen molar-refractivity contribution in [3.8, 4) is 0 Å². The van der Waals surface area contributed by atoms with Crippen molar-refractivity contribution in [2.75, 3.05) is 18.0 Å². The molecular weight excluding hydrogens is 368 g/mol. The molecule has 0 unspecified atom stereocenters. The molecule has 22 heavy (non-hydrogen) atoms. The van der Waals surface area contributed by atoms with Crippen LogP contribution in [0.25, 0.3) is 0 Å². The fourth-order valence-corrected chi connectivity index (χ4v) is 3.44. The number of carbonyl (C=O) groups is 1. The molecule has 5 nitrogen and oxygen atoms in total. The van der Waals surface area contributed by atoms with Gasteiger partial charge in [-0.3, -0.25) is 9.89 Å². The van der Waals surface area contributed by atoms with Crippen LogP contribution in [-0.4, -0.2) is 29.2 Å². The van der Waals surface area contributed by atoms with Crippen LogP contribution in [0.2, 0.25) is 0 Å². The van der Waals surface area contributed by atoms with Crippen LogP contribution in [0.4, 0.5) is 5.69 Å². The largest absolute Gasteiger partial charge is 0.312 e. The molecule has 2 aromatic rings. The minimum Gasteiger partial charge on any atom is -0.312 e. The number of benzene rings is 1. The topological polar surface area (TPSA) is 61.0 Å². The number of nitrogens with zero attached hydrogens (tertiary/aromatic N) is 2. The predicted molar refractivity (Wildman–Crippen MR) is 90.8 cm³/mol. The van der Waals surface area contributed by atoms with Crippen LogP contribution < -0.4 is 10.2 Å². The summed E-state index contributed by atoms with van der Waals surface area (Å²) in [6.07, 6.45) is 1.80. The number of aromatic amines is 1. The summed E-state index contributed by atoms with van der Waals surface area (Å²) in [7, 11) is 0. The molecule has 0 radical (unpaired) electrons. The fourth-order valence-electron chi connectivity index (χ4n) is 3.09. The molecule has 7 heteroatoms. The average molecular weight is 384 g/mol. The maximum atomic E-state index is 12.9. The maximum absolute atomic E-state index is 12.9. The number of H-pyrrole nitrogens is 1. The van der Waals surface area contributed by atoms with Crippen molar-refractivity contribution in [3.63, 3.8) is 0 Å². The smallest absolute Gasteiger partial charge is 0.279 e. The van der Waals surface area contributed by atoms with Crippen molar-refractivity contribution < 1.29 is 4.79 Å². The lowest BCUT2D eigenvalue weighted by molar-refractivity contribution is 0.0983. The number of amides is 1. The van der Waals surface area contributed by atoms with E-state index in [-0.39, 0.29) is 18.3 Å². The molecule has 0 saturated heterocycles. The van der Waals surface area contributed by atoms with Crippen LogP contribution in [0.3, 0.4) is 0 Å². The lowest BCUT2D eigenvalue weighted by Gasteiger charge is -2.18. The van der Waals surface area contributed by atoms with E-state index in [1.165, 1.54) is 5.56 Å². The van der Waals surface area contributed by atoms with Gasteiger partial charge in [-0.2, -0.15) is 5.10 Å². The summed E-state index contributed by atoms with van der Waals surface area (Å²) in [6, 6.07) is 6.11. The van der Waals surface area contributed by atoms with Crippen LogP contribution in [0.15, 0.2) is 22.7 Å². The van der Waals surface area contributed by atoms with Crippen LogP contribution in [0.1, 0.15) is 27.3 Å². The van der Waals surface area contributed by atoms with Crippen molar-refractivity contribution in [2.24, 2.45) is 0 Å². The number of hydrogen-bond donors (Lipinski definition) is 2. The van der Waals surface area contributed by atoms with Gasteiger partial charge in [-0.25, -0.2) is 0 Å². The van der Waals surface area contributed by atoms with Crippen LogP contribution in [0.5, 0.6) is 0 Å². The number of aromatic nitrogens is 2. The van der Waals surface area contributed by atoms with Crippen molar-refractivity contribution in [3.05, 3.63) is 45.2 Å². The van der Waals surface area contributed by atoms with Crippen molar-refractivity contribution in [1.29, 1.82) is 0 Å². The van der Waals surface area contributed by atoms with Gasteiger partial charge in [-0.15, -0.1) is 12.4 Å². The molecule has 1 aromatic carbocycles. The SMILES string of the molecule is Cl.O=C(c1n[nH]c2c1CNCC2)N1CCc2ccc(Br)cc21. The highest BCUT2D eigenvalue weighted by Gasteiger charge is 2.30. The molecule has 3 heterocycles. The summed E-state index contributed by atoms with van der Waals surface area (Å²) >= 11 is 3.48. The lowest BCUT2D eigenvalue weighted by atomic mass is 10.1. The van der Waals surface area contributed by atoms with E-state index >= 15 is 0 Å². The van der Waals surface area contributed by atoms with Crippen LogP contribution in [-0.2, 0) is 19.4 Å². The summed E-state index contributed by atoms with van der Waals surface area (Å²) in [5, 5.41) is 10.6. The highest BCUT2D eigenvalue weighted by molar-refractivity contribution is 9.10. The van der Waals surface area contributed by atoms with E-state index in [4.69, 9.17) is 0 Å². The number of hydrogen-bond acceptors (Lipinski definition) is 3.